The molecule has 1 spiro atoms. The average Bonchev–Trinajstić information content (AvgIpc) is 3.41. The molecule has 1 aliphatic heterocycles. The average molecular weight is 522 g/mol. The van der Waals surface area contributed by atoms with Crippen molar-refractivity contribution in [1.82, 2.24) is 25.1 Å². The molecule has 8 nitrogen and oxygen atoms in total. The Kier molecular flexibility index (Phi) is 5.79. The molecule has 11 heteroatoms. The molecule has 1 atom stereocenters. The van der Waals surface area contributed by atoms with Crippen LogP contribution >= 0.6 is 11.6 Å². The molecule has 0 radical (unpaired) electrons. The van der Waals surface area contributed by atoms with Crippen molar-refractivity contribution in [1.29, 1.82) is 0 Å². The van der Waals surface area contributed by atoms with E-state index in [0.717, 1.165) is 36.6 Å². The van der Waals surface area contributed by atoms with Gasteiger partial charge in [0.1, 0.15) is 22.8 Å². The monoisotopic (exact) mass is 521 g/mol. The zero-order valence-electron chi connectivity index (χ0n) is 19.6. The van der Waals surface area contributed by atoms with E-state index < -0.39 is 11.6 Å². The molecule has 0 saturated carbocycles. The molecule has 4 aromatic rings. The van der Waals surface area contributed by atoms with Gasteiger partial charge in [0.15, 0.2) is 17.2 Å². The van der Waals surface area contributed by atoms with E-state index in [1.165, 1.54) is 0 Å². The van der Waals surface area contributed by atoms with Crippen LogP contribution in [0.15, 0.2) is 30.5 Å². The molecule has 0 amide bonds. The Hall–Kier alpha value is -3.65. The maximum atomic E-state index is 14.1. The van der Waals surface area contributed by atoms with Gasteiger partial charge in [0.05, 0.1) is 17.2 Å². The van der Waals surface area contributed by atoms with E-state index in [-0.39, 0.29) is 34.3 Å². The third kappa shape index (κ3) is 4.00. The van der Waals surface area contributed by atoms with E-state index in [9.17, 15) is 13.9 Å². The van der Waals surface area contributed by atoms with E-state index in [4.69, 9.17) is 17.3 Å². The highest BCUT2D eigenvalue weighted by Crippen LogP contribution is 2.50. The SMILES string of the molecule is N[C@@H]1c2cccnc2CC12CCN(c1nc3[nH]nc(C#Cc4c(F)cc(F)cc4Cl)c3nc1CO)CC2. The summed E-state index contributed by atoms with van der Waals surface area (Å²) in [5.74, 6) is 4.23. The van der Waals surface area contributed by atoms with Gasteiger partial charge in [-0.2, -0.15) is 5.10 Å². The summed E-state index contributed by atoms with van der Waals surface area (Å²) in [6, 6.07) is 5.64. The third-order valence-electron chi connectivity index (χ3n) is 7.41. The van der Waals surface area contributed by atoms with Crippen molar-refractivity contribution < 1.29 is 13.9 Å². The van der Waals surface area contributed by atoms with Gasteiger partial charge in [0, 0.05) is 37.1 Å². The fourth-order valence-corrected chi connectivity index (χ4v) is 5.64. The minimum Gasteiger partial charge on any atom is -0.390 e. The number of aromatic amines is 1. The van der Waals surface area contributed by atoms with Crippen LogP contribution in [0.4, 0.5) is 14.6 Å². The smallest absolute Gasteiger partial charge is 0.177 e. The standard InChI is InChI=1S/C26H22ClF2N7O/c27-17-10-14(28)11-18(29)15(17)3-4-19-22-24(35-34-19)33-25(21(13-37)32-22)36-8-5-26(6-9-36)12-20-16(23(26)30)2-1-7-31-20/h1-2,7,10-11,23,37H,5-6,8-9,12-13,30H2,(H,33,34,35)/t23-/m1/s1. The number of benzene rings is 1. The second-order valence-corrected chi connectivity index (χ2v) is 9.87. The fourth-order valence-electron chi connectivity index (χ4n) is 5.40. The van der Waals surface area contributed by atoms with E-state index in [1.807, 2.05) is 12.3 Å². The predicted molar refractivity (Wildman–Crippen MR) is 134 cm³/mol. The number of piperidine rings is 1. The summed E-state index contributed by atoms with van der Waals surface area (Å²) in [6.45, 7) is 1.08. The highest BCUT2D eigenvalue weighted by Gasteiger charge is 2.46. The number of aliphatic hydroxyl groups is 1. The van der Waals surface area contributed by atoms with Crippen molar-refractivity contribution in [2.75, 3.05) is 18.0 Å². The Morgan fingerprint density at radius 2 is 2.03 bits per heavy atom. The maximum absolute atomic E-state index is 14.1. The second kappa shape index (κ2) is 9.03. The summed E-state index contributed by atoms with van der Waals surface area (Å²) in [5, 5.41) is 16.9. The van der Waals surface area contributed by atoms with Crippen LogP contribution in [-0.4, -0.2) is 43.3 Å². The topological polar surface area (TPSA) is 117 Å². The number of nitrogens with zero attached hydrogens (tertiary/aromatic N) is 5. The second-order valence-electron chi connectivity index (χ2n) is 9.46. The molecule has 3 aromatic heterocycles. The Morgan fingerprint density at radius 3 is 2.76 bits per heavy atom. The van der Waals surface area contributed by atoms with Crippen LogP contribution in [0, 0.1) is 28.9 Å². The van der Waals surface area contributed by atoms with Crippen molar-refractivity contribution >= 4 is 28.6 Å². The normalized spacial score (nSPS) is 18.2. The highest BCUT2D eigenvalue weighted by molar-refractivity contribution is 6.31. The van der Waals surface area contributed by atoms with Gasteiger partial charge in [-0.25, -0.2) is 18.7 Å². The first-order valence-corrected chi connectivity index (χ1v) is 12.2. The zero-order valence-corrected chi connectivity index (χ0v) is 20.4. The molecule has 0 unspecified atom stereocenters. The largest absolute Gasteiger partial charge is 0.390 e. The molecule has 188 valence electrons. The van der Waals surface area contributed by atoms with Crippen LogP contribution in [0.1, 0.15) is 47.1 Å². The van der Waals surface area contributed by atoms with E-state index >= 15 is 0 Å². The molecule has 1 aromatic carbocycles. The van der Waals surface area contributed by atoms with Gasteiger partial charge >= 0.3 is 0 Å². The summed E-state index contributed by atoms with van der Waals surface area (Å²) < 4.78 is 27.4. The Balaban J connectivity index is 1.27. The molecule has 6 rings (SSSR count). The lowest BCUT2D eigenvalue weighted by Crippen LogP contribution is -2.45. The highest BCUT2D eigenvalue weighted by atomic mass is 35.5. The van der Waals surface area contributed by atoms with Crippen molar-refractivity contribution in [2.45, 2.75) is 31.9 Å². The van der Waals surface area contributed by atoms with Crippen LogP contribution < -0.4 is 10.6 Å². The Bertz CT molecular complexity index is 1560. The van der Waals surface area contributed by atoms with Crippen molar-refractivity contribution in [2.24, 2.45) is 11.1 Å². The van der Waals surface area contributed by atoms with Gasteiger partial charge in [-0.1, -0.05) is 23.6 Å². The lowest BCUT2D eigenvalue weighted by Gasteiger charge is -2.42. The van der Waals surface area contributed by atoms with E-state index in [0.29, 0.717) is 41.8 Å². The molecule has 1 aliphatic carbocycles. The van der Waals surface area contributed by atoms with Crippen LogP contribution in [-0.2, 0) is 13.0 Å². The number of nitrogens with two attached hydrogens (primary N) is 1. The zero-order chi connectivity index (χ0) is 25.7. The number of hydrogen-bond donors (Lipinski definition) is 3. The number of hydrogen-bond acceptors (Lipinski definition) is 7. The van der Waals surface area contributed by atoms with Gasteiger partial charge in [0.25, 0.3) is 0 Å². The molecular formula is C26H22ClF2N7O. The number of pyridine rings is 1. The first kappa shape index (κ1) is 23.7. The minimum absolute atomic E-state index is 0.0439. The number of rotatable bonds is 2. The van der Waals surface area contributed by atoms with Gasteiger partial charge in [0.2, 0.25) is 0 Å². The van der Waals surface area contributed by atoms with Crippen LogP contribution in [0.25, 0.3) is 11.2 Å². The quantitative estimate of drug-likeness (QED) is 0.346. The van der Waals surface area contributed by atoms with Crippen molar-refractivity contribution in [3.05, 3.63) is 75.3 Å². The summed E-state index contributed by atoms with van der Waals surface area (Å²) in [4.78, 5) is 15.9. The molecule has 1 fully saturated rings. The summed E-state index contributed by atoms with van der Waals surface area (Å²) in [7, 11) is 0. The van der Waals surface area contributed by atoms with Gasteiger partial charge in [-0.3, -0.25) is 10.1 Å². The molecule has 1 saturated heterocycles. The molecular weight excluding hydrogens is 500 g/mol. The summed E-state index contributed by atoms with van der Waals surface area (Å²) >= 11 is 5.94. The van der Waals surface area contributed by atoms with Crippen LogP contribution in [0.5, 0.6) is 0 Å². The lowest BCUT2D eigenvalue weighted by atomic mass is 9.73. The number of fused-ring (bicyclic) bond motifs is 2. The summed E-state index contributed by atoms with van der Waals surface area (Å²) in [6.07, 6.45) is 4.39. The van der Waals surface area contributed by atoms with Crippen molar-refractivity contribution in [3.63, 3.8) is 0 Å². The summed E-state index contributed by atoms with van der Waals surface area (Å²) in [5.41, 5.74) is 10.0. The number of anilines is 1. The Morgan fingerprint density at radius 1 is 1.22 bits per heavy atom. The van der Waals surface area contributed by atoms with Crippen molar-refractivity contribution in [3.8, 4) is 11.8 Å². The predicted octanol–water partition coefficient (Wildman–Crippen LogP) is 3.41. The maximum Gasteiger partial charge on any atom is 0.177 e. The fraction of sp³-hybridized carbons (Fsp3) is 0.308. The van der Waals surface area contributed by atoms with E-state index in [2.05, 4.69) is 48.0 Å². The third-order valence-corrected chi connectivity index (χ3v) is 7.70. The minimum atomic E-state index is -0.870. The number of halogens is 3. The molecule has 2 aliphatic rings. The number of aromatic nitrogens is 5. The van der Waals surface area contributed by atoms with Gasteiger partial charge in [-0.15, -0.1) is 0 Å². The number of aliphatic hydroxyl groups excluding tert-OH is 1. The molecule has 4 heterocycles. The van der Waals surface area contributed by atoms with Gasteiger partial charge < -0.3 is 15.7 Å². The van der Waals surface area contributed by atoms with E-state index in [1.54, 1.807) is 0 Å². The van der Waals surface area contributed by atoms with Crippen LogP contribution in [0.2, 0.25) is 5.02 Å². The molecule has 37 heavy (non-hydrogen) atoms. The molecule has 0 bridgehead atoms. The van der Waals surface area contributed by atoms with Crippen LogP contribution in [0.3, 0.4) is 0 Å². The van der Waals surface area contributed by atoms with Gasteiger partial charge in [-0.05, 0) is 48.3 Å². The number of H-pyrrole nitrogens is 1. The number of nitrogens with one attached hydrogen (secondary N) is 1. The molecule has 4 N–H and O–H groups in total. The first-order valence-electron chi connectivity index (χ1n) is 11.9. The first-order chi connectivity index (χ1) is 17.9. The Labute approximate surface area is 215 Å². The lowest BCUT2D eigenvalue weighted by molar-refractivity contribution is 0.186.